The van der Waals surface area contributed by atoms with Gasteiger partial charge in [0.15, 0.2) is 0 Å². The van der Waals surface area contributed by atoms with Gasteiger partial charge in [0, 0.05) is 38.4 Å². The summed E-state index contributed by atoms with van der Waals surface area (Å²) in [5.41, 5.74) is -0.141. The van der Waals surface area contributed by atoms with Crippen LogP contribution in [0.5, 0.6) is 0 Å². The molecule has 1 unspecified atom stereocenters. The molecule has 2 aliphatic carbocycles. The Hall–Kier alpha value is -1.85. The Labute approximate surface area is 155 Å². The van der Waals surface area contributed by atoms with Gasteiger partial charge in [0.2, 0.25) is 5.91 Å². The highest BCUT2D eigenvalue weighted by Gasteiger charge is 2.46. The Bertz CT molecular complexity index is 645. The molecule has 4 rings (SSSR count). The van der Waals surface area contributed by atoms with Crippen molar-refractivity contribution in [2.24, 2.45) is 10.6 Å². The summed E-state index contributed by atoms with van der Waals surface area (Å²) >= 11 is 0. The molecule has 1 saturated carbocycles. The van der Waals surface area contributed by atoms with Crippen molar-refractivity contribution in [2.75, 3.05) is 13.1 Å². The highest BCUT2D eigenvalue weighted by Crippen LogP contribution is 2.39. The van der Waals surface area contributed by atoms with E-state index >= 15 is 0 Å². The normalized spacial score (nSPS) is 30.5. The maximum absolute atomic E-state index is 13.0. The summed E-state index contributed by atoms with van der Waals surface area (Å²) in [6, 6.07) is 0.312. The largest absolute Gasteiger partial charge is 0.388 e. The zero-order valence-corrected chi connectivity index (χ0v) is 15.6. The molecule has 2 amide bonds. The minimum atomic E-state index is -0.392. The number of oxime groups is 1. The van der Waals surface area contributed by atoms with Crippen molar-refractivity contribution in [3.05, 3.63) is 12.2 Å². The molecule has 0 aromatic heterocycles. The molecule has 1 atom stereocenters. The Morgan fingerprint density at radius 3 is 2.62 bits per heavy atom. The van der Waals surface area contributed by atoms with Crippen molar-refractivity contribution in [2.45, 2.75) is 76.4 Å². The molecule has 0 aromatic carbocycles. The average Bonchev–Trinajstić information content (AvgIpc) is 3.02. The van der Waals surface area contributed by atoms with Gasteiger partial charge in [-0.25, -0.2) is 0 Å². The van der Waals surface area contributed by atoms with Gasteiger partial charge in [-0.2, -0.15) is 0 Å². The van der Waals surface area contributed by atoms with Crippen LogP contribution in [0, 0.1) is 5.41 Å². The van der Waals surface area contributed by atoms with Gasteiger partial charge in [0.05, 0.1) is 5.41 Å². The third-order valence-electron chi connectivity index (χ3n) is 6.62. The van der Waals surface area contributed by atoms with Crippen LogP contribution in [0.3, 0.4) is 0 Å². The number of likely N-dealkylation sites (tertiary alicyclic amines) is 1. The summed E-state index contributed by atoms with van der Waals surface area (Å²) < 4.78 is 0. The van der Waals surface area contributed by atoms with Crippen LogP contribution in [-0.2, 0) is 14.4 Å². The minimum absolute atomic E-state index is 0.0772. The van der Waals surface area contributed by atoms with Crippen molar-refractivity contribution in [3.8, 4) is 0 Å². The molecule has 4 aliphatic rings. The van der Waals surface area contributed by atoms with Gasteiger partial charge in [-0.1, -0.05) is 24.2 Å². The number of hydrogen-bond donors (Lipinski definition) is 1. The second-order valence-corrected chi connectivity index (χ2v) is 8.66. The molecular formula is C20H29N3O3. The van der Waals surface area contributed by atoms with Crippen molar-refractivity contribution in [3.63, 3.8) is 0 Å². The van der Waals surface area contributed by atoms with Crippen molar-refractivity contribution in [1.82, 2.24) is 10.2 Å². The number of allylic oxidation sites excluding steroid dienone is 2. The van der Waals surface area contributed by atoms with E-state index in [2.05, 4.69) is 29.5 Å². The lowest BCUT2D eigenvalue weighted by molar-refractivity contribution is -0.147. The summed E-state index contributed by atoms with van der Waals surface area (Å²) in [6.45, 7) is 3.46. The number of carbonyl (C=O) groups excluding carboxylic acids is 2. The van der Waals surface area contributed by atoms with E-state index in [0.29, 0.717) is 31.3 Å². The lowest BCUT2D eigenvalue weighted by atomic mass is 9.77. The average molecular weight is 359 g/mol. The van der Waals surface area contributed by atoms with Crippen LogP contribution in [0.25, 0.3) is 0 Å². The second kappa shape index (κ2) is 6.71. The third kappa shape index (κ3) is 3.26. The second-order valence-electron chi connectivity index (χ2n) is 8.66. The fraction of sp³-hybridized carbons (Fsp3) is 0.750. The van der Waals surface area contributed by atoms with Crippen LogP contribution in [0.1, 0.15) is 64.7 Å². The number of nitrogens with one attached hydrogen (secondary N) is 1. The van der Waals surface area contributed by atoms with Crippen molar-refractivity contribution >= 4 is 17.5 Å². The van der Waals surface area contributed by atoms with Gasteiger partial charge in [0.1, 0.15) is 11.3 Å². The van der Waals surface area contributed by atoms with Crippen LogP contribution >= 0.6 is 0 Å². The van der Waals surface area contributed by atoms with Crippen LogP contribution in [0.2, 0.25) is 0 Å². The lowest BCUT2D eigenvalue weighted by Crippen LogP contribution is -2.51. The molecule has 1 saturated heterocycles. The molecule has 0 bridgehead atoms. The van der Waals surface area contributed by atoms with E-state index in [-0.39, 0.29) is 17.2 Å². The van der Waals surface area contributed by atoms with Gasteiger partial charge in [-0.05, 0) is 38.5 Å². The maximum Gasteiger partial charge on any atom is 0.269 e. The van der Waals surface area contributed by atoms with Crippen LogP contribution in [-0.4, -0.2) is 47.2 Å². The molecule has 2 aliphatic heterocycles. The number of hydrogen-bond acceptors (Lipinski definition) is 4. The summed E-state index contributed by atoms with van der Waals surface area (Å²) in [5, 5.41) is 7.12. The first-order valence-corrected chi connectivity index (χ1v) is 10.0. The number of nitrogens with zero attached hydrogens (tertiary/aromatic N) is 2. The number of piperidine rings is 1. The van der Waals surface area contributed by atoms with E-state index < -0.39 is 5.60 Å². The van der Waals surface area contributed by atoms with E-state index in [0.717, 1.165) is 44.9 Å². The van der Waals surface area contributed by atoms with E-state index in [9.17, 15) is 9.59 Å². The molecular weight excluding hydrogens is 330 g/mol. The molecule has 1 N–H and O–H groups in total. The predicted octanol–water partition coefficient (Wildman–Crippen LogP) is 2.54. The molecule has 1 spiro atoms. The Morgan fingerprint density at radius 1 is 1.23 bits per heavy atom. The quantitative estimate of drug-likeness (QED) is 0.787. The number of amides is 2. The fourth-order valence-electron chi connectivity index (χ4n) is 4.39. The highest BCUT2D eigenvalue weighted by atomic mass is 16.7. The molecule has 6 heteroatoms. The minimum Gasteiger partial charge on any atom is -0.388 e. The zero-order chi connectivity index (χ0) is 18.2. The molecule has 26 heavy (non-hydrogen) atoms. The van der Waals surface area contributed by atoms with Crippen LogP contribution < -0.4 is 5.32 Å². The summed E-state index contributed by atoms with van der Waals surface area (Å²) in [7, 11) is 0. The first kappa shape index (κ1) is 17.6. The Balaban J connectivity index is 1.30. The number of rotatable bonds is 3. The summed E-state index contributed by atoms with van der Waals surface area (Å²) in [5.74, 6) is 0.185. The lowest BCUT2D eigenvalue weighted by Gasteiger charge is -2.41. The van der Waals surface area contributed by atoms with Gasteiger partial charge in [0.25, 0.3) is 5.91 Å². The fourth-order valence-corrected chi connectivity index (χ4v) is 4.39. The smallest absolute Gasteiger partial charge is 0.269 e. The van der Waals surface area contributed by atoms with E-state index in [1.807, 2.05) is 4.90 Å². The van der Waals surface area contributed by atoms with Crippen molar-refractivity contribution in [1.29, 1.82) is 0 Å². The van der Waals surface area contributed by atoms with Crippen molar-refractivity contribution < 1.29 is 14.4 Å². The van der Waals surface area contributed by atoms with Crippen LogP contribution in [0.4, 0.5) is 0 Å². The monoisotopic (exact) mass is 359 g/mol. The molecule has 0 aromatic rings. The van der Waals surface area contributed by atoms with Crippen LogP contribution in [0.15, 0.2) is 17.3 Å². The standard InChI is InChI=1S/C20H29N3O3/c1-19(8-3-2-4-9-19)18(25)23-12-10-20(11-13-23)14-16(22-26-20)17(24)21-15-6-5-7-15/h2-3,15H,4-14H2,1H3,(H,21,24). The summed E-state index contributed by atoms with van der Waals surface area (Å²) in [4.78, 5) is 33.0. The molecule has 6 nitrogen and oxygen atoms in total. The zero-order valence-electron chi connectivity index (χ0n) is 15.6. The SMILES string of the molecule is CC1(C(=O)N2CCC3(CC2)CC(C(=O)NC2CCC2)=NO3)CC=CCC1. The molecule has 142 valence electrons. The topological polar surface area (TPSA) is 71.0 Å². The molecule has 2 fully saturated rings. The number of carbonyl (C=O) groups is 2. The van der Waals surface area contributed by atoms with Gasteiger partial charge in [-0.3, -0.25) is 9.59 Å². The predicted molar refractivity (Wildman–Crippen MR) is 98.6 cm³/mol. The van der Waals surface area contributed by atoms with E-state index in [1.165, 1.54) is 6.42 Å². The Kier molecular flexibility index (Phi) is 4.53. The maximum atomic E-state index is 13.0. The molecule has 0 radical (unpaired) electrons. The van der Waals surface area contributed by atoms with E-state index in [4.69, 9.17) is 4.84 Å². The Morgan fingerprint density at radius 2 is 2.00 bits per heavy atom. The third-order valence-corrected chi connectivity index (χ3v) is 6.62. The van der Waals surface area contributed by atoms with Gasteiger partial charge in [-0.15, -0.1) is 0 Å². The van der Waals surface area contributed by atoms with Gasteiger partial charge < -0.3 is 15.1 Å². The van der Waals surface area contributed by atoms with E-state index in [1.54, 1.807) is 0 Å². The van der Waals surface area contributed by atoms with Gasteiger partial charge >= 0.3 is 0 Å². The first-order chi connectivity index (χ1) is 12.5. The first-order valence-electron chi connectivity index (χ1n) is 10.0. The summed E-state index contributed by atoms with van der Waals surface area (Å²) in [6.07, 6.45) is 12.4. The molecule has 2 heterocycles. The highest BCUT2D eigenvalue weighted by molar-refractivity contribution is 6.39.